The minimum atomic E-state index is 0.536. The molecular formula is C13H17N5. The number of nitrogens with two attached hydrogens (primary N) is 1. The number of rotatable bonds is 2. The van der Waals surface area contributed by atoms with Crippen LogP contribution >= 0.6 is 0 Å². The number of hydrogen-bond donors (Lipinski definition) is 2. The summed E-state index contributed by atoms with van der Waals surface area (Å²) in [7, 11) is 0. The molecule has 2 aromatic rings. The van der Waals surface area contributed by atoms with Gasteiger partial charge in [-0.25, -0.2) is 4.98 Å². The molecule has 1 aliphatic rings. The molecule has 5 heteroatoms. The number of pyridine rings is 1. The summed E-state index contributed by atoms with van der Waals surface area (Å²) in [5.41, 5.74) is 7.22. The zero-order valence-corrected chi connectivity index (χ0v) is 10.3. The summed E-state index contributed by atoms with van der Waals surface area (Å²) in [4.78, 5) is 8.65. The van der Waals surface area contributed by atoms with Gasteiger partial charge in [-0.2, -0.15) is 5.10 Å². The van der Waals surface area contributed by atoms with Crippen molar-refractivity contribution in [3.8, 4) is 11.4 Å². The van der Waals surface area contributed by atoms with Crippen molar-refractivity contribution in [1.29, 1.82) is 0 Å². The highest BCUT2D eigenvalue weighted by Gasteiger charge is 2.19. The van der Waals surface area contributed by atoms with Gasteiger partial charge in [0.1, 0.15) is 5.82 Å². The van der Waals surface area contributed by atoms with E-state index >= 15 is 0 Å². The maximum Gasteiger partial charge on any atom is 0.182 e. The molecule has 2 heterocycles. The third kappa shape index (κ3) is 2.20. The lowest BCUT2D eigenvalue weighted by Crippen LogP contribution is -2.06. The number of hydrogen-bond acceptors (Lipinski definition) is 4. The molecule has 1 aliphatic carbocycles. The van der Waals surface area contributed by atoms with Gasteiger partial charge < -0.3 is 5.73 Å². The van der Waals surface area contributed by atoms with Crippen molar-refractivity contribution in [2.75, 3.05) is 5.73 Å². The monoisotopic (exact) mass is 243 g/mol. The lowest BCUT2D eigenvalue weighted by molar-refractivity contribution is 0.429. The van der Waals surface area contributed by atoms with Crippen LogP contribution in [0.4, 0.5) is 5.69 Å². The first-order chi connectivity index (χ1) is 8.83. The maximum absolute atomic E-state index is 5.72. The van der Waals surface area contributed by atoms with E-state index in [4.69, 9.17) is 5.73 Å². The second-order valence-electron chi connectivity index (χ2n) is 4.89. The largest absolute Gasteiger partial charge is 0.397 e. The molecular weight excluding hydrogens is 226 g/mol. The predicted octanol–water partition coefficient (Wildman–Crippen LogP) is 2.50. The van der Waals surface area contributed by atoms with Gasteiger partial charge in [-0.05, 0) is 18.9 Å². The Morgan fingerprint density at radius 2 is 2.00 bits per heavy atom. The smallest absolute Gasteiger partial charge is 0.182 e. The van der Waals surface area contributed by atoms with Gasteiger partial charge in [-0.15, -0.1) is 0 Å². The minimum Gasteiger partial charge on any atom is -0.397 e. The van der Waals surface area contributed by atoms with Crippen molar-refractivity contribution in [3.05, 3.63) is 24.3 Å². The molecule has 0 saturated heterocycles. The molecule has 0 aromatic carbocycles. The second kappa shape index (κ2) is 4.76. The zero-order chi connectivity index (χ0) is 12.4. The van der Waals surface area contributed by atoms with E-state index in [2.05, 4.69) is 20.2 Å². The van der Waals surface area contributed by atoms with E-state index in [-0.39, 0.29) is 0 Å². The number of H-pyrrole nitrogens is 1. The number of aromatic nitrogens is 4. The molecule has 3 rings (SSSR count). The van der Waals surface area contributed by atoms with Crippen LogP contribution in [0.2, 0.25) is 0 Å². The molecule has 0 aliphatic heterocycles. The first kappa shape index (κ1) is 11.2. The van der Waals surface area contributed by atoms with E-state index in [1.54, 1.807) is 12.4 Å². The van der Waals surface area contributed by atoms with Crippen LogP contribution in [0, 0.1) is 0 Å². The molecule has 0 amide bonds. The summed E-state index contributed by atoms with van der Waals surface area (Å²) >= 11 is 0. The highest BCUT2D eigenvalue weighted by atomic mass is 15.2. The van der Waals surface area contributed by atoms with E-state index < -0.39 is 0 Å². The fourth-order valence-corrected chi connectivity index (χ4v) is 2.54. The summed E-state index contributed by atoms with van der Waals surface area (Å²) in [6, 6.07) is 1.85. The predicted molar refractivity (Wildman–Crippen MR) is 69.9 cm³/mol. The Balaban J connectivity index is 1.84. The fourth-order valence-electron chi connectivity index (χ4n) is 2.54. The lowest BCUT2D eigenvalue weighted by atomic mass is 9.89. The standard InChI is InChI=1S/C13H17N5/c14-11-6-10(7-15-8-11)13-16-12(17-18-13)9-4-2-1-3-5-9/h6-9H,1-5,14H2,(H,16,17,18). The van der Waals surface area contributed by atoms with Crippen molar-refractivity contribution >= 4 is 5.69 Å². The Labute approximate surface area is 106 Å². The Bertz CT molecular complexity index is 528. The highest BCUT2D eigenvalue weighted by molar-refractivity contribution is 5.58. The van der Waals surface area contributed by atoms with Crippen LogP contribution in [-0.4, -0.2) is 20.2 Å². The van der Waals surface area contributed by atoms with E-state index in [1.165, 1.54) is 32.1 Å². The van der Waals surface area contributed by atoms with E-state index in [0.717, 1.165) is 11.4 Å². The van der Waals surface area contributed by atoms with E-state index in [0.29, 0.717) is 17.4 Å². The van der Waals surface area contributed by atoms with Gasteiger partial charge in [0.15, 0.2) is 5.82 Å². The molecule has 5 nitrogen and oxygen atoms in total. The zero-order valence-electron chi connectivity index (χ0n) is 10.3. The molecule has 18 heavy (non-hydrogen) atoms. The third-order valence-corrected chi connectivity index (χ3v) is 3.51. The van der Waals surface area contributed by atoms with Crippen LogP contribution in [0.1, 0.15) is 43.8 Å². The van der Waals surface area contributed by atoms with Gasteiger partial charge in [0, 0.05) is 23.9 Å². The summed E-state index contributed by atoms with van der Waals surface area (Å²) in [6.45, 7) is 0. The topological polar surface area (TPSA) is 80.5 Å². The van der Waals surface area contributed by atoms with Crippen molar-refractivity contribution in [3.63, 3.8) is 0 Å². The summed E-state index contributed by atoms with van der Waals surface area (Å²) in [5, 5.41) is 7.33. The summed E-state index contributed by atoms with van der Waals surface area (Å²) in [6.07, 6.45) is 9.72. The molecule has 3 N–H and O–H groups in total. The average Bonchev–Trinajstić information content (AvgIpc) is 2.89. The molecule has 0 unspecified atom stereocenters. The van der Waals surface area contributed by atoms with Gasteiger partial charge in [-0.1, -0.05) is 19.3 Å². The second-order valence-corrected chi connectivity index (χ2v) is 4.89. The molecule has 1 saturated carbocycles. The molecule has 2 aromatic heterocycles. The number of aromatic amines is 1. The molecule has 94 valence electrons. The molecule has 0 atom stereocenters. The number of nitrogen functional groups attached to an aromatic ring is 1. The van der Waals surface area contributed by atoms with Crippen molar-refractivity contribution in [1.82, 2.24) is 20.2 Å². The highest BCUT2D eigenvalue weighted by Crippen LogP contribution is 2.31. The van der Waals surface area contributed by atoms with Crippen LogP contribution in [0.3, 0.4) is 0 Å². The van der Waals surface area contributed by atoms with Gasteiger partial charge >= 0.3 is 0 Å². The van der Waals surface area contributed by atoms with Crippen LogP contribution in [0.5, 0.6) is 0 Å². The van der Waals surface area contributed by atoms with Gasteiger partial charge in [0.05, 0.1) is 5.69 Å². The van der Waals surface area contributed by atoms with Gasteiger partial charge in [0.25, 0.3) is 0 Å². The maximum atomic E-state index is 5.72. The Morgan fingerprint density at radius 3 is 2.78 bits per heavy atom. The Morgan fingerprint density at radius 1 is 1.17 bits per heavy atom. The third-order valence-electron chi connectivity index (χ3n) is 3.51. The quantitative estimate of drug-likeness (QED) is 0.849. The first-order valence-electron chi connectivity index (χ1n) is 6.46. The Hall–Kier alpha value is -1.91. The van der Waals surface area contributed by atoms with Crippen molar-refractivity contribution in [2.45, 2.75) is 38.0 Å². The van der Waals surface area contributed by atoms with Crippen molar-refractivity contribution < 1.29 is 0 Å². The molecule has 0 bridgehead atoms. The minimum absolute atomic E-state index is 0.536. The van der Waals surface area contributed by atoms with Crippen LogP contribution in [-0.2, 0) is 0 Å². The molecule has 0 spiro atoms. The first-order valence-corrected chi connectivity index (χ1v) is 6.46. The van der Waals surface area contributed by atoms with Gasteiger partial charge in [-0.3, -0.25) is 10.1 Å². The van der Waals surface area contributed by atoms with Crippen LogP contribution in [0.25, 0.3) is 11.4 Å². The van der Waals surface area contributed by atoms with Crippen molar-refractivity contribution in [2.24, 2.45) is 0 Å². The molecule has 1 fully saturated rings. The SMILES string of the molecule is Nc1cncc(-c2n[nH]c(C3CCCCC3)n2)c1. The fraction of sp³-hybridized carbons (Fsp3) is 0.462. The summed E-state index contributed by atoms with van der Waals surface area (Å²) in [5.74, 6) is 2.23. The van der Waals surface area contributed by atoms with E-state index in [1.807, 2.05) is 6.07 Å². The average molecular weight is 243 g/mol. The number of nitrogens with one attached hydrogen (secondary N) is 1. The van der Waals surface area contributed by atoms with Crippen LogP contribution < -0.4 is 5.73 Å². The van der Waals surface area contributed by atoms with Crippen LogP contribution in [0.15, 0.2) is 18.5 Å². The van der Waals surface area contributed by atoms with E-state index in [9.17, 15) is 0 Å². The molecule has 0 radical (unpaired) electrons. The normalized spacial score (nSPS) is 16.9. The number of anilines is 1. The lowest BCUT2D eigenvalue weighted by Gasteiger charge is -2.18. The Kier molecular flexibility index (Phi) is 2.96. The van der Waals surface area contributed by atoms with Gasteiger partial charge in [0.2, 0.25) is 0 Å². The summed E-state index contributed by atoms with van der Waals surface area (Å²) < 4.78 is 0. The number of nitrogens with zero attached hydrogens (tertiary/aromatic N) is 3.